The van der Waals surface area contributed by atoms with Crippen LogP contribution < -0.4 is 0 Å². The Bertz CT molecular complexity index is 2120. The summed E-state index contributed by atoms with van der Waals surface area (Å²) in [6, 6.07) is 6.77. The highest BCUT2D eigenvalue weighted by Gasteiger charge is 2.34. The van der Waals surface area contributed by atoms with Crippen LogP contribution >= 0.6 is 11.3 Å². The molecule has 1 N–H and O–H groups in total. The van der Waals surface area contributed by atoms with Crippen molar-refractivity contribution in [2.45, 2.75) is 45.9 Å². The van der Waals surface area contributed by atoms with Crippen molar-refractivity contribution in [3.8, 4) is 22.6 Å². The van der Waals surface area contributed by atoms with E-state index in [9.17, 15) is 14.3 Å². The lowest BCUT2D eigenvalue weighted by Crippen LogP contribution is -2.42. The summed E-state index contributed by atoms with van der Waals surface area (Å²) in [6.45, 7) is 9.86. The normalized spacial score (nSPS) is 17.9. The maximum Gasteiger partial charge on any atom is 0.246 e. The second-order valence-electron chi connectivity index (χ2n) is 12.1. The number of allylic oxidation sites excluding steroid dienone is 3. The summed E-state index contributed by atoms with van der Waals surface area (Å²) in [4.78, 5) is 19.5. The van der Waals surface area contributed by atoms with Gasteiger partial charge in [-0.1, -0.05) is 18.7 Å². The molecule has 0 unspecified atom stereocenters. The van der Waals surface area contributed by atoms with Gasteiger partial charge in [0.1, 0.15) is 17.3 Å². The van der Waals surface area contributed by atoms with Crippen molar-refractivity contribution in [1.29, 1.82) is 0 Å². The predicted octanol–water partition coefficient (Wildman–Crippen LogP) is 7.45. The number of hydrogen-bond donors (Lipinski definition) is 1. The summed E-state index contributed by atoms with van der Waals surface area (Å²) in [6.07, 6.45) is 3.00. The minimum absolute atomic E-state index is 0.0572. The fraction of sp³-hybridized carbons (Fsp3) is 0.314. The van der Waals surface area contributed by atoms with Crippen LogP contribution in [0.2, 0.25) is 0 Å². The fourth-order valence-corrected chi connectivity index (χ4v) is 7.10. The van der Waals surface area contributed by atoms with Crippen LogP contribution in [0, 0.1) is 5.82 Å². The van der Waals surface area contributed by atoms with Gasteiger partial charge in [0.05, 0.1) is 64.5 Å². The first-order valence-electron chi connectivity index (χ1n) is 15.4. The Hall–Kier alpha value is -4.59. The Morgan fingerprint density at radius 3 is 2.71 bits per heavy atom. The largest absolute Gasteiger partial charge is 0.391 e. The summed E-state index contributed by atoms with van der Waals surface area (Å²) in [5, 5.41) is 21.6. The third-order valence-corrected chi connectivity index (χ3v) is 9.28. The molecule has 4 aromatic heterocycles. The van der Waals surface area contributed by atoms with Gasteiger partial charge in [0.15, 0.2) is 0 Å². The van der Waals surface area contributed by atoms with Gasteiger partial charge in [0, 0.05) is 58.7 Å². The van der Waals surface area contributed by atoms with Crippen molar-refractivity contribution in [3.05, 3.63) is 83.3 Å². The van der Waals surface area contributed by atoms with Gasteiger partial charge in [0.25, 0.3) is 0 Å². The second kappa shape index (κ2) is 13.1. The highest BCUT2D eigenvalue weighted by atomic mass is 32.1. The number of ether oxygens (including phenoxy) is 1. The molecule has 3 atom stereocenters. The van der Waals surface area contributed by atoms with Crippen LogP contribution in [0.15, 0.2) is 66.2 Å². The quantitative estimate of drug-likeness (QED) is 0.129. The van der Waals surface area contributed by atoms with Crippen LogP contribution in [0.25, 0.3) is 49.2 Å². The highest BCUT2D eigenvalue weighted by molar-refractivity contribution is 7.17. The summed E-state index contributed by atoms with van der Waals surface area (Å²) in [7, 11) is 1.82. The highest BCUT2D eigenvalue weighted by Crippen LogP contribution is 2.45. The van der Waals surface area contributed by atoms with Crippen LogP contribution in [0.5, 0.6) is 0 Å². The molecule has 6 rings (SSSR count). The molecule has 5 heterocycles. The molecule has 1 amide bonds. The summed E-state index contributed by atoms with van der Waals surface area (Å²) >= 11 is 1.11. The van der Waals surface area contributed by atoms with Gasteiger partial charge >= 0.3 is 0 Å². The average Bonchev–Trinajstić information content (AvgIpc) is 3.76. The molecule has 0 radical (unpaired) electrons. The zero-order chi connectivity index (χ0) is 34.4. The second-order valence-corrected chi connectivity index (χ2v) is 13.0. The number of aryl methyl sites for hydroxylation is 1. The van der Waals surface area contributed by atoms with Gasteiger partial charge in [-0.15, -0.1) is 11.3 Å². The van der Waals surface area contributed by atoms with E-state index in [0.717, 1.165) is 23.6 Å². The number of rotatable bonds is 9. The molecule has 0 bridgehead atoms. The maximum atomic E-state index is 16.1. The molecule has 1 aromatic carbocycles. The third-order valence-electron chi connectivity index (χ3n) is 8.33. The minimum atomic E-state index is -0.980. The Labute approximate surface area is 279 Å². The van der Waals surface area contributed by atoms with Crippen LogP contribution in [-0.2, 0) is 16.6 Å². The predicted molar refractivity (Wildman–Crippen MR) is 181 cm³/mol. The van der Waals surface area contributed by atoms with Gasteiger partial charge in [-0.3, -0.25) is 14.2 Å². The number of aromatic nitrogens is 5. The number of benzene rings is 1. The van der Waals surface area contributed by atoms with Gasteiger partial charge in [0.2, 0.25) is 5.91 Å². The molecule has 0 saturated carbocycles. The van der Waals surface area contributed by atoms with E-state index in [1.54, 1.807) is 20.3 Å². The molecule has 0 saturated heterocycles. The van der Waals surface area contributed by atoms with Crippen molar-refractivity contribution in [1.82, 2.24) is 29.4 Å². The number of carbonyl (C=O) groups is 1. The van der Waals surface area contributed by atoms with Gasteiger partial charge < -0.3 is 14.7 Å². The minimum Gasteiger partial charge on any atom is -0.391 e. The third kappa shape index (κ3) is 6.09. The average molecular weight is 677 g/mol. The topological polar surface area (TPSA) is 98.3 Å². The molecular weight excluding hydrogens is 641 g/mol. The van der Waals surface area contributed by atoms with Gasteiger partial charge in [-0.2, -0.15) is 10.2 Å². The van der Waals surface area contributed by atoms with E-state index in [4.69, 9.17) is 14.8 Å². The first-order valence-corrected chi connectivity index (χ1v) is 16.3. The number of amides is 1. The Morgan fingerprint density at radius 1 is 1.23 bits per heavy atom. The van der Waals surface area contributed by atoms with Crippen LogP contribution in [0.3, 0.4) is 0 Å². The number of fused-ring (bicyclic) bond motifs is 3. The number of thiophene rings is 1. The van der Waals surface area contributed by atoms with Crippen molar-refractivity contribution < 1.29 is 27.8 Å². The van der Waals surface area contributed by atoms with E-state index in [-0.39, 0.29) is 46.8 Å². The van der Waals surface area contributed by atoms with Crippen molar-refractivity contribution in [3.63, 3.8) is 0 Å². The van der Waals surface area contributed by atoms with Crippen LogP contribution in [-0.4, -0.2) is 66.3 Å². The lowest BCUT2D eigenvalue weighted by atomic mass is 9.95. The molecule has 0 aliphatic carbocycles. The zero-order valence-corrected chi connectivity index (χ0v) is 28.0. The molecule has 1 aliphatic heterocycles. The Balaban J connectivity index is 1.67. The van der Waals surface area contributed by atoms with Gasteiger partial charge in [-0.25, -0.2) is 18.2 Å². The number of nitrogens with zero attached hydrogens (tertiary/aromatic N) is 6. The number of pyridine rings is 1. The molecule has 9 nitrogen and oxygen atoms in total. The monoisotopic (exact) mass is 676 g/mol. The molecule has 0 spiro atoms. The number of hydrogen-bond acceptors (Lipinski definition) is 7. The maximum absolute atomic E-state index is 16.1. The van der Waals surface area contributed by atoms with E-state index in [2.05, 4.69) is 11.7 Å². The van der Waals surface area contributed by atoms with E-state index in [0.29, 0.717) is 45.5 Å². The van der Waals surface area contributed by atoms with Crippen LogP contribution in [0.4, 0.5) is 13.2 Å². The first-order chi connectivity index (χ1) is 22.9. The van der Waals surface area contributed by atoms with Crippen molar-refractivity contribution >= 4 is 43.8 Å². The number of aliphatic hydroxyl groups excluding tert-OH is 1. The van der Waals surface area contributed by atoms with Gasteiger partial charge in [-0.05, 0) is 45.9 Å². The first kappa shape index (κ1) is 33.3. The van der Waals surface area contributed by atoms with E-state index in [1.165, 1.54) is 18.4 Å². The van der Waals surface area contributed by atoms with E-state index >= 15 is 8.78 Å². The molecule has 250 valence electrons. The standard InChI is InChI=1S/C35H35F3N6O3S/c1-7-30(46)43-13-19(3)44-29(21(43)5)12-28(41-44)34-31(24(16-47-15-20(4)45)25(37)10-18(2)36)32-26(38)17-48-35(32)33(39-34)22-8-9-23-14-42(6)40-27(23)11-22/h7-12,14,17,19-21,45H,1,13,15-16H2,2-6H3/b18-10+,25-24?/t19-,20+,21+/m0/s1. The number of carbonyl (C=O) groups excluding carboxylic acids is 1. The number of aliphatic hydroxyl groups is 1. The van der Waals surface area contributed by atoms with E-state index < -0.39 is 30.2 Å². The Kier molecular flexibility index (Phi) is 9.12. The summed E-state index contributed by atoms with van der Waals surface area (Å²) < 4.78 is 56.0. The lowest BCUT2D eigenvalue weighted by molar-refractivity contribution is -0.129. The molecular formula is C35H35F3N6O3S. The fourth-order valence-electron chi connectivity index (χ4n) is 6.16. The SMILES string of the molecule is C=CC(=O)N1C[C@H](C)n2nc(-c3nc(-c4ccc5cn(C)nc5c4)c4scc(F)c4c3C(COC[C@@H](C)O)=C(F)/C=C(\C)F)cc2[C@H]1C. The molecule has 48 heavy (non-hydrogen) atoms. The smallest absolute Gasteiger partial charge is 0.246 e. The van der Waals surface area contributed by atoms with Crippen molar-refractivity contribution in [2.75, 3.05) is 19.8 Å². The summed E-state index contributed by atoms with van der Waals surface area (Å²) in [5.74, 6) is -2.63. The Morgan fingerprint density at radius 2 is 2.00 bits per heavy atom. The summed E-state index contributed by atoms with van der Waals surface area (Å²) in [5.41, 5.74) is 2.86. The van der Waals surface area contributed by atoms with Crippen molar-refractivity contribution in [2.24, 2.45) is 7.05 Å². The zero-order valence-electron chi connectivity index (χ0n) is 27.2. The molecule has 1 aliphatic rings. The molecule has 5 aromatic rings. The number of halogens is 3. The molecule has 0 fully saturated rings. The van der Waals surface area contributed by atoms with E-state index in [1.807, 2.05) is 45.3 Å². The lowest BCUT2D eigenvalue weighted by Gasteiger charge is -2.36. The molecule has 13 heteroatoms. The van der Waals surface area contributed by atoms with Crippen LogP contribution in [0.1, 0.15) is 51.0 Å².